The maximum Gasteiger partial charge on any atom is 0.224 e. The molecule has 0 N–H and O–H groups in total. The highest BCUT2D eigenvalue weighted by molar-refractivity contribution is 7.17. The van der Waals surface area contributed by atoms with Crippen LogP contribution in [-0.2, 0) is 4.79 Å². The van der Waals surface area contributed by atoms with Gasteiger partial charge < -0.3 is 14.7 Å². The van der Waals surface area contributed by atoms with Gasteiger partial charge in [0.05, 0.1) is 5.39 Å². The molecule has 0 aliphatic carbocycles. The Kier molecular flexibility index (Phi) is 5.63. The number of rotatable bonds is 5. The number of piperidine rings is 1. The van der Waals surface area contributed by atoms with Gasteiger partial charge in [-0.05, 0) is 31.4 Å². The molecule has 1 unspecified atom stereocenters. The highest BCUT2D eigenvalue weighted by Gasteiger charge is 2.31. The number of carbonyl (C=O) groups excluding carboxylic acids is 1. The van der Waals surface area contributed by atoms with Gasteiger partial charge in [0.1, 0.15) is 17.0 Å². The van der Waals surface area contributed by atoms with Gasteiger partial charge in [0, 0.05) is 56.6 Å². The van der Waals surface area contributed by atoms with E-state index in [9.17, 15) is 4.79 Å². The molecule has 3 aromatic rings. The number of fused-ring (bicyclic) bond motifs is 1. The molecule has 7 heteroatoms. The fraction of sp³-hybridized carbons (Fsp3) is 0.458. The summed E-state index contributed by atoms with van der Waals surface area (Å²) in [5.41, 5.74) is 2.45. The van der Waals surface area contributed by atoms with Gasteiger partial charge in [-0.15, -0.1) is 11.3 Å². The summed E-state index contributed by atoms with van der Waals surface area (Å²) in [4.78, 5) is 28.9. The average Bonchev–Trinajstić information content (AvgIpc) is 3.38. The maximum absolute atomic E-state index is 11.9. The molecule has 0 saturated carbocycles. The van der Waals surface area contributed by atoms with Crippen LogP contribution in [0.15, 0.2) is 42.0 Å². The van der Waals surface area contributed by atoms with Crippen LogP contribution in [0.1, 0.15) is 19.3 Å². The van der Waals surface area contributed by atoms with Crippen LogP contribution in [0, 0.1) is 5.92 Å². The van der Waals surface area contributed by atoms with E-state index >= 15 is 0 Å². The number of aromatic nitrogens is 2. The van der Waals surface area contributed by atoms with Gasteiger partial charge in [-0.1, -0.05) is 30.3 Å². The van der Waals surface area contributed by atoms with E-state index in [1.165, 1.54) is 16.5 Å². The lowest BCUT2D eigenvalue weighted by molar-refractivity contribution is -0.126. The van der Waals surface area contributed by atoms with Crippen molar-refractivity contribution in [1.29, 1.82) is 0 Å². The van der Waals surface area contributed by atoms with Crippen molar-refractivity contribution in [2.24, 2.45) is 5.92 Å². The summed E-state index contributed by atoms with van der Waals surface area (Å²) in [6.45, 7) is 3.94. The van der Waals surface area contributed by atoms with Crippen LogP contribution in [0.4, 0.5) is 5.82 Å². The van der Waals surface area contributed by atoms with Crippen LogP contribution in [0.25, 0.3) is 21.3 Å². The van der Waals surface area contributed by atoms with Gasteiger partial charge in [0.25, 0.3) is 0 Å². The SMILES string of the molecule is CN1CC(N(C)CC2CCN(c3ncnc4scc(-c5ccccc5)c34)CC2)CC1=O. The molecule has 2 aromatic heterocycles. The molecule has 2 saturated heterocycles. The Hall–Kier alpha value is -2.51. The van der Waals surface area contributed by atoms with Crippen molar-refractivity contribution < 1.29 is 4.79 Å². The summed E-state index contributed by atoms with van der Waals surface area (Å²) in [6.07, 6.45) is 4.66. The molecule has 162 valence electrons. The van der Waals surface area contributed by atoms with Gasteiger partial charge in [-0.3, -0.25) is 4.79 Å². The lowest BCUT2D eigenvalue weighted by Crippen LogP contribution is -2.42. The van der Waals surface area contributed by atoms with Crippen molar-refractivity contribution in [3.05, 3.63) is 42.0 Å². The number of likely N-dealkylation sites (N-methyl/N-ethyl adjacent to an activating group) is 2. The topological polar surface area (TPSA) is 52.6 Å². The molecular formula is C24H29N5OS. The normalized spacial score (nSPS) is 20.4. The summed E-state index contributed by atoms with van der Waals surface area (Å²) < 4.78 is 0. The Labute approximate surface area is 187 Å². The van der Waals surface area contributed by atoms with E-state index in [1.807, 2.05) is 11.9 Å². The molecule has 1 amide bonds. The minimum absolute atomic E-state index is 0.268. The predicted molar refractivity (Wildman–Crippen MR) is 126 cm³/mol. The Morgan fingerprint density at radius 1 is 1.16 bits per heavy atom. The van der Waals surface area contributed by atoms with Crippen LogP contribution < -0.4 is 4.90 Å². The first-order chi connectivity index (χ1) is 15.1. The lowest BCUT2D eigenvalue weighted by atomic mass is 9.95. The highest BCUT2D eigenvalue weighted by Crippen LogP contribution is 2.38. The van der Waals surface area contributed by atoms with E-state index < -0.39 is 0 Å². The van der Waals surface area contributed by atoms with E-state index in [2.05, 4.69) is 57.5 Å². The smallest absolute Gasteiger partial charge is 0.224 e. The maximum atomic E-state index is 11.9. The molecule has 5 rings (SSSR count). The minimum atomic E-state index is 0.268. The van der Waals surface area contributed by atoms with Gasteiger partial charge in [-0.25, -0.2) is 9.97 Å². The first-order valence-corrected chi connectivity index (χ1v) is 11.9. The number of carbonyl (C=O) groups is 1. The predicted octanol–water partition coefficient (Wildman–Crippen LogP) is 3.74. The summed E-state index contributed by atoms with van der Waals surface area (Å²) in [5.74, 6) is 2.00. The third-order valence-corrected chi connectivity index (χ3v) is 7.73. The second-order valence-corrected chi connectivity index (χ2v) is 9.75. The fourth-order valence-electron chi connectivity index (χ4n) is 4.95. The lowest BCUT2D eigenvalue weighted by Gasteiger charge is -2.36. The van der Waals surface area contributed by atoms with E-state index in [0.29, 0.717) is 18.4 Å². The Bertz CT molecular complexity index is 1060. The van der Waals surface area contributed by atoms with E-state index in [0.717, 1.165) is 49.7 Å². The second kappa shape index (κ2) is 8.55. The van der Waals surface area contributed by atoms with Gasteiger partial charge in [-0.2, -0.15) is 0 Å². The zero-order chi connectivity index (χ0) is 21.4. The first kappa shape index (κ1) is 20.4. The van der Waals surface area contributed by atoms with Crippen molar-refractivity contribution >= 4 is 33.3 Å². The van der Waals surface area contributed by atoms with Crippen LogP contribution in [-0.4, -0.2) is 72.0 Å². The summed E-state index contributed by atoms with van der Waals surface area (Å²) in [7, 11) is 4.08. The van der Waals surface area contributed by atoms with E-state index in [4.69, 9.17) is 4.98 Å². The molecule has 0 spiro atoms. The molecule has 6 nitrogen and oxygen atoms in total. The van der Waals surface area contributed by atoms with E-state index in [1.54, 1.807) is 17.7 Å². The molecule has 2 aliphatic heterocycles. The van der Waals surface area contributed by atoms with Crippen molar-refractivity contribution in [2.75, 3.05) is 45.2 Å². The third-order valence-electron chi connectivity index (χ3n) is 6.84. The number of hydrogen-bond acceptors (Lipinski definition) is 6. The van der Waals surface area contributed by atoms with Gasteiger partial charge in [0.2, 0.25) is 5.91 Å². The first-order valence-electron chi connectivity index (χ1n) is 11.1. The van der Waals surface area contributed by atoms with Crippen molar-refractivity contribution in [3.8, 4) is 11.1 Å². The Morgan fingerprint density at radius 2 is 1.94 bits per heavy atom. The minimum Gasteiger partial charge on any atom is -0.356 e. The van der Waals surface area contributed by atoms with Gasteiger partial charge >= 0.3 is 0 Å². The standard InChI is InChI=1S/C24H29N5OS/c1-27(19-12-21(30)28(2)14-19)13-17-8-10-29(11-9-17)23-22-20(18-6-4-3-5-7-18)15-31-24(22)26-16-25-23/h3-7,15-17,19H,8-14H2,1-2H3. The molecule has 2 aliphatic rings. The number of amides is 1. The second-order valence-electron chi connectivity index (χ2n) is 8.90. The Morgan fingerprint density at radius 3 is 2.65 bits per heavy atom. The van der Waals surface area contributed by atoms with Crippen LogP contribution in [0.3, 0.4) is 0 Å². The zero-order valence-electron chi connectivity index (χ0n) is 18.2. The quantitative estimate of drug-likeness (QED) is 0.611. The highest BCUT2D eigenvalue weighted by atomic mass is 32.1. The molecular weight excluding hydrogens is 406 g/mol. The Balaban J connectivity index is 1.29. The van der Waals surface area contributed by atoms with Crippen molar-refractivity contribution in [3.63, 3.8) is 0 Å². The van der Waals surface area contributed by atoms with Crippen LogP contribution in [0.5, 0.6) is 0 Å². The number of hydrogen-bond donors (Lipinski definition) is 0. The van der Waals surface area contributed by atoms with Gasteiger partial charge in [0.15, 0.2) is 0 Å². The summed E-state index contributed by atoms with van der Waals surface area (Å²) >= 11 is 1.69. The van der Waals surface area contributed by atoms with Crippen molar-refractivity contribution in [2.45, 2.75) is 25.3 Å². The molecule has 1 atom stereocenters. The molecule has 2 fully saturated rings. The molecule has 1 aromatic carbocycles. The fourth-order valence-corrected chi connectivity index (χ4v) is 5.86. The molecule has 0 bridgehead atoms. The molecule has 0 radical (unpaired) electrons. The summed E-state index contributed by atoms with van der Waals surface area (Å²) in [6, 6.07) is 10.9. The van der Waals surface area contributed by atoms with Crippen LogP contribution in [0.2, 0.25) is 0 Å². The monoisotopic (exact) mass is 435 g/mol. The number of likely N-dealkylation sites (tertiary alicyclic amines) is 1. The average molecular weight is 436 g/mol. The number of nitrogens with zero attached hydrogens (tertiary/aromatic N) is 5. The largest absolute Gasteiger partial charge is 0.356 e. The van der Waals surface area contributed by atoms with Crippen LogP contribution >= 0.6 is 11.3 Å². The molecule has 4 heterocycles. The third kappa shape index (κ3) is 4.04. The summed E-state index contributed by atoms with van der Waals surface area (Å²) in [5, 5.41) is 3.39. The molecule has 31 heavy (non-hydrogen) atoms. The number of thiophene rings is 1. The number of anilines is 1. The van der Waals surface area contributed by atoms with Crippen molar-refractivity contribution in [1.82, 2.24) is 19.8 Å². The number of benzene rings is 1. The van der Waals surface area contributed by atoms with E-state index in [-0.39, 0.29) is 5.91 Å². The zero-order valence-corrected chi connectivity index (χ0v) is 19.0.